The maximum atomic E-state index is 11.7. The minimum atomic E-state index is -0.245. The minimum Gasteiger partial charge on any atom is -0.330 e. The van der Waals surface area contributed by atoms with Crippen LogP contribution in [0.4, 0.5) is 0 Å². The highest BCUT2D eigenvalue weighted by Gasteiger charge is 2.25. The molecule has 13 heavy (non-hydrogen) atoms. The normalized spacial score (nSPS) is 19.3. The number of hydrogen-bond donors (Lipinski definition) is 4. The summed E-state index contributed by atoms with van der Waals surface area (Å²) < 4.78 is 0. The topological polar surface area (TPSA) is 93.2 Å². The van der Waals surface area contributed by atoms with Crippen LogP contribution in [0.2, 0.25) is 0 Å². The van der Waals surface area contributed by atoms with Gasteiger partial charge in [-0.25, -0.2) is 0 Å². The summed E-state index contributed by atoms with van der Waals surface area (Å²) in [4.78, 5) is 11.7. The molecule has 0 bridgehead atoms. The van der Waals surface area contributed by atoms with E-state index in [2.05, 4.69) is 10.6 Å². The van der Waals surface area contributed by atoms with E-state index in [4.69, 9.17) is 11.5 Å². The highest BCUT2D eigenvalue weighted by atomic mass is 16.1. The van der Waals surface area contributed by atoms with Crippen LogP contribution in [0, 0.1) is 5.92 Å². The third kappa shape index (κ3) is 2.73. The van der Waals surface area contributed by atoms with Gasteiger partial charge in [-0.15, -0.1) is 0 Å². The fraction of sp³-hybridized carbons (Fsp3) is 0.875. The van der Waals surface area contributed by atoms with Gasteiger partial charge in [0.15, 0.2) is 5.78 Å². The first-order valence-electron chi connectivity index (χ1n) is 4.70. The molecule has 0 spiro atoms. The molecule has 0 amide bonds. The van der Waals surface area contributed by atoms with Crippen LogP contribution in [0.25, 0.3) is 0 Å². The zero-order chi connectivity index (χ0) is 9.68. The molecule has 0 aromatic carbocycles. The third-order valence-corrected chi connectivity index (χ3v) is 2.31. The van der Waals surface area contributed by atoms with Crippen LogP contribution in [-0.2, 0) is 4.79 Å². The van der Waals surface area contributed by atoms with Gasteiger partial charge in [0.2, 0.25) is 0 Å². The number of carbonyl (C=O) groups excluding carboxylic acids is 1. The maximum Gasteiger partial charge on any atom is 0.169 e. The summed E-state index contributed by atoms with van der Waals surface area (Å²) in [5.41, 5.74) is 10.9. The van der Waals surface area contributed by atoms with Crippen molar-refractivity contribution in [1.82, 2.24) is 10.6 Å². The van der Waals surface area contributed by atoms with E-state index in [1.165, 1.54) is 0 Å². The molecule has 1 fully saturated rings. The van der Waals surface area contributed by atoms with Crippen molar-refractivity contribution in [3.8, 4) is 0 Å². The summed E-state index contributed by atoms with van der Waals surface area (Å²) >= 11 is 0. The number of rotatable bonds is 4. The fourth-order valence-electron chi connectivity index (χ4n) is 1.42. The molecule has 0 aliphatic carbocycles. The molecular formula is C8H18N4O. The summed E-state index contributed by atoms with van der Waals surface area (Å²) in [5.74, 6) is -0.132. The molecule has 1 aliphatic rings. The van der Waals surface area contributed by atoms with Crippen LogP contribution in [-0.4, -0.2) is 38.1 Å². The van der Waals surface area contributed by atoms with Gasteiger partial charge >= 0.3 is 0 Å². The van der Waals surface area contributed by atoms with E-state index >= 15 is 0 Å². The molecule has 1 heterocycles. The average Bonchev–Trinajstić information content (AvgIpc) is 2.21. The second kappa shape index (κ2) is 5.29. The molecule has 1 rings (SSSR count). The predicted octanol–water partition coefficient (Wildman–Crippen LogP) is -2.00. The van der Waals surface area contributed by atoms with E-state index < -0.39 is 0 Å². The third-order valence-electron chi connectivity index (χ3n) is 2.31. The zero-order valence-electron chi connectivity index (χ0n) is 7.75. The summed E-state index contributed by atoms with van der Waals surface area (Å²) in [6, 6.07) is 0. The predicted molar refractivity (Wildman–Crippen MR) is 51.0 cm³/mol. The van der Waals surface area contributed by atoms with Gasteiger partial charge in [-0.2, -0.15) is 0 Å². The van der Waals surface area contributed by atoms with Gasteiger partial charge < -0.3 is 11.5 Å². The van der Waals surface area contributed by atoms with E-state index in [9.17, 15) is 4.79 Å². The Morgan fingerprint density at radius 2 is 1.85 bits per heavy atom. The molecule has 5 nitrogen and oxygen atoms in total. The lowest BCUT2D eigenvalue weighted by Crippen LogP contribution is -2.56. The molecular weight excluding hydrogens is 168 g/mol. The van der Waals surface area contributed by atoms with Gasteiger partial charge in [0.05, 0.1) is 0 Å². The molecule has 0 atom stereocenters. The monoisotopic (exact) mass is 186 g/mol. The first-order chi connectivity index (χ1) is 6.29. The number of nitrogens with two attached hydrogens (primary N) is 2. The van der Waals surface area contributed by atoms with E-state index in [1.807, 2.05) is 0 Å². The second-order valence-corrected chi connectivity index (χ2v) is 3.27. The summed E-state index contributed by atoms with van der Waals surface area (Å²) in [7, 11) is 0. The molecule has 0 radical (unpaired) electrons. The Bertz CT molecular complexity index is 164. The molecule has 0 aromatic heterocycles. The summed E-state index contributed by atoms with van der Waals surface area (Å²) in [6.07, 6.45) is 0.811. The van der Waals surface area contributed by atoms with Crippen molar-refractivity contribution in [2.45, 2.75) is 12.6 Å². The lowest BCUT2D eigenvalue weighted by molar-refractivity contribution is -0.125. The van der Waals surface area contributed by atoms with E-state index in [1.54, 1.807) is 0 Å². The summed E-state index contributed by atoms with van der Waals surface area (Å²) in [6.45, 7) is 2.42. The van der Waals surface area contributed by atoms with Crippen molar-refractivity contribution >= 4 is 5.78 Å². The second-order valence-electron chi connectivity index (χ2n) is 3.27. The fourth-order valence-corrected chi connectivity index (χ4v) is 1.42. The van der Waals surface area contributed by atoms with Crippen molar-refractivity contribution in [2.75, 3.05) is 26.2 Å². The first kappa shape index (κ1) is 10.6. The van der Waals surface area contributed by atoms with Crippen LogP contribution in [0.3, 0.4) is 0 Å². The quantitative estimate of drug-likeness (QED) is 0.407. The molecule has 1 saturated heterocycles. The molecule has 1 aliphatic heterocycles. The van der Waals surface area contributed by atoms with Crippen molar-refractivity contribution < 1.29 is 4.79 Å². The van der Waals surface area contributed by atoms with Crippen molar-refractivity contribution in [3.05, 3.63) is 0 Å². The van der Waals surface area contributed by atoms with E-state index in [0.29, 0.717) is 13.1 Å². The highest BCUT2D eigenvalue weighted by Crippen LogP contribution is 1.99. The molecule has 5 heteroatoms. The smallest absolute Gasteiger partial charge is 0.169 e. The van der Waals surface area contributed by atoms with Gasteiger partial charge in [0.25, 0.3) is 0 Å². The number of carbonyl (C=O) groups is 1. The van der Waals surface area contributed by atoms with Gasteiger partial charge in [0.1, 0.15) is 6.17 Å². The lowest BCUT2D eigenvalue weighted by atomic mass is 10.0. The number of nitrogens with one attached hydrogen (secondary N) is 2. The SMILES string of the molecule is NCC(CN)C(=O)C1NCCCN1. The van der Waals surface area contributed by atoms with Crippen LogP contribution in [0.15, 0.2) is 0 Å². The first-order valence-corrected chi connectivity index (χ1v) is 4.70. The number of ketones is 1. The number of Topliss-reactive ketones (excluding diaryl/α,β-unsaturated/α-hetero) is 1. The van der Waals surface area contributed by atoms with Crippen LogP contribution in [0.1, 0.15) is 6.42 Å². The highest BCUT2D eigenvalue weighted by molar-refractivity contribution is 5.86. The van der Waals surface area contributed by atoms with Crippen LogP contribution < -0.4 is 22.1 Å². The Balaban J connectivity index is 2.44. The minimum absolute atomic E-state index is 0.0877. The number of hydrogen-bond acceptors (Lipinski definition) is 5. The molecule has 0 saturated carbocycles. The van der Waals surface area contributed by atoms with Crippen LogP contribution in [0.5, 0.6) is 0 Å². The van der Waals surface area contributed by atoms with Crippen molar-refractivity contribution in [3.63, 3.8) is 0 Å². The molecule has 0 unspecified atom stereocenters. The Hall–Kier alpha value is -0.490. The van der Waals surface area contributed by atoms with Gasteiger partial charge in [-0.3, -0.25) is 15.4 Å². The Morgan fingerprint density at radius 3 is 2.31 bits per heavy atom. The Labute approximate surface area is 78.2 Å². The Morgan fingerprint density at radius 1 is 1.31 bits per heavy atom. The average molecular weight is 186 g/mol. The largest absolute Gasteiger partial charge is 0.330 e. The molecule has 0 aromatic rings. The lowest BCUT2D eigenvalue weighted by Gasteiger charge is -2.26. The van der Waals surface area contributed by atoms with E-state index in [-0.39, 0.29) is 17.9 Å². The zero-order valence-corrected chi connectivity index (χ0v) is 7.75. The van der Waals surface area contributed by atoms with Crippen LogP contribution >= 0.6 is 0 Å². The van der Waals surface area contributed by atoms with Crippen molar-refractivity contribution in [2.24, 2.45) is 17.4 Å². The van der Waals surface area contributed by atoms with E-state index in [0.717, 1.165) is 19.5 Å². The standard InChI is InChI=1S/C8H18N4O/c9-4-6(5-10)7(13)8-11-2-1-3-12-8/h6,8,11-12H,1-5,9-10H2. The molecule has 6 N–H and O–H groups in total. The molecule has 76 valence electrons. The van der Waals surface area contributed by atoms with Gasteiger partial charge in [0, 0.05) is 19.0 Å². The Kier molecular flexibility index (Phi) is 4.31. The summed E-state index contributed by atoms with van der Waals surface area (Å²) in [5, 5.41) is 6.19. The van der Waals surface area contributed by atoms with Gasteiger partial charge in [-0.1, -0.05) is 0 Å². The maximum absolute atomic E-state index is 11.7. The van der Waals surface area contributed by atoms with Gasteiger partial charge in [-0.05, 0) is 19.5 Å². The van der Waals surface area contributed by atoms with Crippen molar-refractivity contribution in [1.29, 1.82) is 0 Å².